The van der Waals surface area contributed by atoms with E-state index in [-0.39, 0.29) is 6.10 Å². The minimum Gasteiger partial charge on any atom is -0.490 e. The maximum absolute atomic E-state index is 9.38. The number of hydrogen-bond donors (Lipinski definition) is 0. The quantitative estimate of drug-likeness (QED) is 0.678. The van der Waals surface area contributed by atoms with Crippen LogP contribution in [0.5, 0.6) is 5.75 Å². The SMILES string of the molecule is CC(C)Oc1ccc(-c2nc(-c3ccc(C4COC4)cc3)no2)cc1C#N. The fraction of sp³-hybridized carbons (Fsp3) is 0.286. The number of nitrogens with zero attached hydrogens (tertiary/aromatic N) is 3. The van der Waals surface area contributed by atoms with Gasteiger partial charge in [0, 0.05) is 17.0 Å². The van der Waals surface area contributed by atoms with Crippen molar-refractivity contribution in [2.45, 2.75) is 25.9 Å². The third kappa shape index (κ3) is 3.55. The fourth-order valence-corrected chi connectivity index (χ4v) is 2.90. The second-order valence-corrected chi connectivity index (χ2v) is 6.77. The van der Waals surface area contributed by atoms with Gasteiger partial charge in [-0.05, 0) is 37.6 Å². The van der Waals surface area contributed by atoms with E-state index in [0.29, 0.717) is 34.5 Å². The lowest BCUT2D eigenvalue weighted by molar-refractivity contribution is 0.00843. The van der Waals surface area contributed by atoms with Crippen molar-refractivity contribution in [2.75, 3.05) is 13.2 Å². The van der Waals surface area contributed by atoms with Crippen molar-refractivity contribution >= 4 is 0 Å². The van der Waals surface area contributed by atoms with Gasteiger partial charge in [-0.15, -0.1) is 0 Å². The molecule has 0 saturated carbocycles. The Balaban J connectivity index is 1.58. The van der Waals surface area contributed by atoms with Crippen LogP contribution in [0.1, 0.15) is 30.9 Å². The van der Waals surface area contributed by atoms with E-state index in [0.717, 1.165) is 18.8 Å². The predicted molar refractivity (Wildman–Crippen MR) is 99.2 cm³/mol. The smallest absolute Gasteiger partial charge is 0.258 e. The molecule has 0 unspecified atom stereocenters. The summed E-state index contributed by atoms with van der Waals surface area (Å²) in [6, 6.07) is 15.6. The van der Waals surface area contributed by atoms with Crippen LogP contribution in [0.25, 0.3) is 22.8 Å². The summed E-state index contributed by atoms with van der Waals surface area (Å²) in [7, 11) is 0. The van der Waals surface area contributed by atoms with Gasteiger partial charge in [0.05, 0.1) is 24.9 Å². The Morgan fingerprint density at radius 3 is 2.48 bits per heavy atom. The Morgan fingerprint density at radius 1 is 1.11 bits per heavy atom. The average molecular weight is 361 g/mol. The van der Waals surface area contributed by atoms with Gasteiger partial charge in [0.2, 0.25) is 5.82 Å². The first-order valence-corrected chi connectivity index (χ1v) is 8.87. The summed E-state index contributed by atoms with van der Waals surface area (Å²) in [5, 5.41) is 13.4. The third-order valence-electron chi connectivity index (χ3n) is 4.41. The van der Waals surface area contributed by atoms with Crippen LogP contribution < -0.4 is 4.74 Å². The monoisotopic (exact) mass is 361 g/mol. The zero-order valence-corrected chi connectivity index (χ0v) is 15.2. The van der Waals surface area contributed by atoms with Crippen molar-refractivity contribution < 1.29 is 14.0 Å². The van der Waals surface area contributed by atoms with E-state index in [1.54, 1.807) is 12.1 Å². The summed E-state index contributed by atoms with van der Waals surface area (Å²) in [6.45, 7) is 5.40. The maximum atomic E-state index is 9.38. The zero-order valence-electron chi connectivity index (χ0n) is 15.2. The highest BCUT2D eigenvalue weighted by molar-refractivity contribution is 5.63. The highest BCUT2D eigenvalue weighted by Gasteiger charge is 2.20. The Kier molecular flexibility index (Phi) is 4.61. The third-order valence-corrected chi connectivity index (χ3v) is 4.41. The first-order chi connectivity index (χ1) is 13.1. The van der Waals surface area contributed by atoms with Gasteiger partial charge < -0.3 is 14.0 Å². The summed E-state index contributed by atoms with van der Waals surface area (Å²) in [5.41, 5.74) is 3.26. The second-order valence-electron chi connectivity index (χ2n) is 6.77. The molecule has 3 aromatic rings. The number of benzene rings is 2. The van der Waals surface area contributed by atoms with Crippen molar-refractivity contribution in [1.29, 1.82) is 5.26 Å². The number of rotatable bonds is 5. The van der Waals surface area contributed by atoms with Gasteiger partial charge in [0.1, 0.15) is 11.8 Å². The highest BCUT2D eigenvalue weighted by Crippen LogP contribution is 2.29. The lowest BCUT2D eigenvalue weighted by Gasteiger charge is -2.26. The lowest BCUT2D eigenvalue weighted by atomic mass is 9.96. The number of aromatic nitrogens is 2. The minimum absolute atomic E-state index is 0.00701. The zero-order chi connectivity index (χ0) is 18.8. The molecule has 1 aliphatic rings. The van der Waals surface area contributed by atoms with Crippen molar-refractivity contribution in [3.05, 3.63) is 53.6 Å². The van der Waals surface area contributed by atoms with Gasteiger partial charge in [0.25, 0.3) is 5.89 Å². The molecule has 0 spiro atoms. The van der Waals surface area contributed by atoms with Crippen LogP contribution in [0.3, 0.4) is 0 Å². The molecule has 1 saturated heterocycles. The van der Waals surface area contributed by atoms with E-state index in [2.05, 4.69) is 28.3 Å². The number of ether oxygens (including phenoxy) is 2. The van der Waals surface area contributed by atoms with Crippen LogP contribution >= 0.6 is 0 Å². The van der Waals surface area contributed by atoms with Gasteiger partial charge in [0.15, 0.2) is 0 Å². The molecule has 0 atom stereocenters. The first-order valence-electron chi connectivity index (χ1n) is 8.87. The van der Waals surface area contributed by atoms with E-state index in [1.807, 2.05) is 32.0 Å². The van der Waals surface area contributed by atoms with Gasteiger partial charge in [-0.2, -0.15) is 10.2 Å². The fourth-order valence-electron chi connectivity index (χ4n) is 2.90. The van der Waals surface area contributed by atoms with Crippen molar-refractivity contribution in [3.63, 3.8) is 0 Å². The number of nitriles is 1. The maximum Gasteiger partial charge on any atom is 0.258 e. The molecule has 1 aliphatic heterocycles. The summed E-state index contributed by atoms with van der Waals surface area (Å²) < 4.78 is 16.3. The molecule has 0 N–H and O–H groups in total. The van der Waals surface area contributed by atoms with Crippen LogP contribution in [0.4, 0.5) is 0 Å². The van der Waals surface area contributed by atoms with E-state index in [9.17, 15) is 5.26 Å². The summed E-state index contributed by atoms with van der Waals surface area (Å²) in [4.78, 5) is 4.47. The van der Waals surface area contributed by atoms with Crippen molar-refractivity contribution in [1.82, 2.24) is 10.1 Å². The van der Waals surface area contributed by atoms with E-state index < -0.39 is 0 Å². The second kappa shape index (κ2) is 7.22. The molecule has 2 heterocycles. The van der Waals surface area contributed by atoms with Gasteiger partial charge >= 0.3 is 0 Å². The molecular weight excluding hydrogens is 342 g/mol. The van der Waals surface area contributed by atoms with Crippen LogP contribution in [0.15, 0.2) is 47.0 Å². The van der Waals surface area contributed by atoms with E-state index in [1.165, 1.54) is 5.56 Å². The van der Waals surface area contributed by atoms with Crippen molar-refractivity contribution in [3.8, 4) is 34.7 Å². The lowest BCUT2D eigenvalue weighted by Crippen LogP contribution is -2.24. The Bertz CT molecular complexity index is 983. The molecule has 4 rings (SSSR count). The molecule has 6 heteroatoms. The standard InChI is InChI=1S/C21H19N3O3/c1-13(2)26-19-8-7-16(9-17(19)10-22)21-23-20(24-27-21)15-5-3-14(4-6-15)18-11-25-12-18/h3-9,13,18H,11-12H2,1-2H3. The van der Waals surface area contributed by atoms with Crippen molar-refractivity contribution in [2.24, 2.45) is 0 Å². The summed E-state index contributed by atoms with van der Waals surface area (Å²) >= 11 is 0. The minimum atomic E-state index is -0.00701. The van der Waals surface area contributed by atoms with Crippen LogP contribution in [-0.2, 0) is 4.74 Å². The van der Waals surface area contributed by atoms with Crippen LogP contribution in [0.2, 0.25) is 0 Å². The molecule has 1 aromatic heterocycles. The molecule has 2 aromatic carbocycles. The van der Waals surface area contributed by atoms with Gasteiger partial charge in [-0.3, -0.25) is 0 Å². The molecule has 6 nitrogen and oxygen atoms in total. The molecule has 0 amide bonds. The summed E-state index contributed by atoms with van der Waals surface area (Å²) in [6.07, 6.45) is -0.00701. The summed E-state index contributed by atoms with van der Waals surface area (Å²) in [5.74, 6) is 1.92. The van der Waals surface area contributed by atoms with Crippen LogP contribution in [-0.4, -0.2) is 29.5 Å². The van der Waals surface area contributed by atoms with E-state index >= 15 is 0 Å². The molecule has 0 bridgehead atoms. The normalized spacial score (nSPS) is 14.0. The average Bonchev–Trinajstić information content (AvgIpc) is 3.11. The Morgan fingerprint density at radius 2 is 1.85 bits per heavy atom. The molecular formula is C21H19N3O3. The number of hydrogen-bond acceptors (Lipinski definition) is 6. The molecule has 136 valence electrons. The largest absolute Gasteiger partial charge is 0.490 e. The van der Waals surface area contributed by atoms with E-state index in [4.69, 9.17) is 14.0 Å². The van der Waals surface area contributed by atoms with Crippen LogP contribution in [0, 0.1) is 11.3 Å². The Labute approximate surface area is 157 Å². The highest BCUT2D eigenvalue weighted by atomic mass is 16.5. The predicted octanol–water partition coefficient (Wildman–Crippen LogP) is 4.18. The molecule has 0 radical (unpaired) electrons. The van der Waals surface area contributed by atoms with Gasteiger partial charge in [-0.1, -0.05) is 29.4 Å². The first kappa shape index (κ1) is 17.3. The topological polar surface area (TPSA) is 81.2 Å². The molecule has 27 heavy (non-hydrogen) atoms. The molecule has 1 fully saturated rings. The van der Waals surface area contributed by atoms with Gasteiger partial charge in [-0.25, -0.2) is 0 Å². The molecule has 0 aliphatic carbocycles. The Hall–Kier alpha value is -3.17.